The number of rotatable bonds is 9. The number of allylic oxidation sites excluding steroid dienone is 1. The van der Waals surface area contributed by atoms with E-state index in [0.717, 1.165) is 38.9 Å². The highest BCUT2D eigenvalue weighted by atomic mass is 14.9. The minimum absolute atomic E-state index is 0.646. The molecule has 1 aromatic carbocycles. The molecule has 0 unspecified atom stereocenters. The fourth-order valence-corrected chi connectivity index (χ4v) is 2.11. The molecule has 0 amide bonds. The van der Waals surface area contributed by atoms with E-state index in [9.17, 15) is 0 Å². The van der Waals surface area contributed by atoms with Gasteiger partial charge in [-0.1, -0.05) is 50.3 Å². The average molecular weight is 260 g/mol. The van der Waals surface area contributed by atoms with Crippen LogP contribution in [0.25, 0.3) is 0 Å². The Kier molecular flexibility index (Phi) is 7.46. The van der Waals surface area contributed by atoms with E-state index in [1.807, 2.05) is 0 Å². The Balaban J connectivity index is 2.41. The first-order valence-electron chi connectivity index (χ1n) is 7.31. The van der Waals surface area contributed by atoms with E-state index in [0.29, 0.717) is 5.92 Å². The molecule has 0 aliphatic heterocycles. The predicted molar refractivity (Wildman–Crippen MR) is 84.1 cm³/mol. The van der Waals surface area contributed by atoms with Gasteiger partial charge in [0.1, 0.15) is 0 Å². The Hall–Kier alpha value is -1.12. The molecule has 0 saturated carbocycles. The first kappa shape index (κ1) is 15.9. The molecule has 0 aliphatic carbocycles. The minimum atomic E-state index is 0.646. The smallest absolute Gasteiger partial charge is 0.0205 e. The molecule has 0 spiro atoms. The largest absolute Gasteiger partial charge is 0.330 e. The second-order valence-electron chi connectivity index (χ2n) is 5.41. The summed E-state index contributed by atoms with van der Waals surface area (Å²) >= 11 is 0. The van der Waals surface area contributed by atoms with Crippen LogP contribution in [0.1, 0.15) is 37.8 Å². The standard InChI is InChI=1S/C17H28N2/c1-4-14(2)10-16-6-5-7-17(11-16)13-19-12-15(3)8-9-18/h5-7,11,15,19H,2,4,8-10,12-13,18H2,1,3H3/t15-/m1/s1. The maximum atomic E-state index is 5.56. The fourth-order valence-electron chi connectivity index (χ4n) is 2.11. The third kappa shape index (κ3) is 6.55. The van der Waals surface area contributed by atoms with Crippen LogP contribution in [0.3, 0.4) is 0 Å². The van der Waals surface area contributed by atoms with Crippen molar-refractivity contribution < 1.29 is 0 Å². The van der Waals surface area contributed by atoms with E-state index in [1.165, 1.54) is 16.7 Å². The monoisotopic (exact) mass is 260 g/mol. The predicted octanol–water partition coefficient (Wildman–Crippen LogP) is 3.27. The van der Waals surface area contributed by atoms with Gasteiger partial charge in [-0.2, -0.15) is 0 Å². The first-order valence-corrected chi connectivity index (χ1v) is 7.31. The number of benzene rings is 1. The Bertz CT molecular complexity index is 385. The number of nitrogens with two attached hydrogens (primary N) is 1. The van der Waals surface area contributed by atoms with E-state index >= 15 is 0 Å². The highest BCUT2D eigenvalue weighted by Gasteiger charge is 2.01. The van der Waals surface area contributed by atoms with Crippen LogP contribution in [0.15, 0.2) is 36.4 Å². The molecule has 106 valence electrons. The van der Waals surface area contributed by atoms with Crippen molar-refractivity contribution in [2.24, 2.45) is 11.7 Å². The van der Waals surface area contributed by atoms with E-state index in [-0.39, 0.29) is 0 Å². The van der Waals surface area contributed by atoms with Crippen molar-refractivity contribution in [1.29, 1.82) is 0 Å². The van der Waals surface area contributed by atoms with Gasteiger partial charge >= 0.3 is 0 Å². The van der Waals surface area contributed by atoms with Crippen LogP contribution in [0.5, 0.6) is 0 Å². The molecule has 0 aromatic heterocycles. The van der Waals surface area contributed by atoms with E-state index < -0.39 is 0 Å². The summed E-state index contributed by atoms with van der Waals surface area (Å²) in [7, 11) is 0. The SMILES string of the molecule is C=C(CC)Cc1cccc(CNC[C@H](C)CCN)c1. The van der Waals surface area contributed by atoms with Crippen molar-refractivity contribution >= 4 is 0 Å². The Labute approximate surface area is 118 Å². The van der Waals surface area contributed by atoms with Crippen LogP contribution in [-0.2, 0) is 13.0 Å². The topological polar surface area (TPSA) is 38.0 Å². The number of hydrogen-bond donors (Lipinski definition) is 2. The van der Waals surface area contributed by atoms with E-state index in [4.69, 9.17) is 5.73 Å². The van der Waals surface area contributed by atoms with Gasteiger partial charge in [0, 0.05) is 6.54 Å². The molecule has 2 nitrogen and oxygen atoms in total. The van der Waals surface area contributed by atoms with Gasteiger partial charge in [-0.05, 0) is 49.4 Å². The Morgan fingerprint density at radius 3 is 2.79 bits per heavy atom. The summed E-state index contributed by atoms with van der Waals surface area (Å²) in [5.74, 6) is 0.646. The zero-order valence-corrected chi connectivity index (χ0v) is 12.4. The van der Waals surface area contributed by atoms with Crippen LogP contribution >= 0.6 is 0 Å². The minimum Gasteiger partial charge on any atom is -0.330 e. The van der Waals surface area contributed by atoms with Crippen molar-refractivity contribution in [2.75, 3.05) is 13.1 Å². The molecule has 0 heterocycles. The maximum absolute atomic E-state index is 5.56. The summed E-state index contributed by atoms with van der Waals surface area (Å²) in [6.07, 6.45) is 3.14. The van der Waals surface area contributed by atoms with Crippen LogP contribution in [0.2, 0.25) is 0 Å². The second kappa shape index (κ2) is 8.89. The summed E-state index contributed by atoms with van der Waals surface area (Å²) in [6, 6.07) is 8.78. The van der Waals surface area contributed by atoms with Crippen molar-refractivity contribution in [3.63, 3.8) is 0 Å². The zero-order valence-electron chi connectivity index (χ0n) is 12.4. The molecule has 19 heavy (non-hydrogen) atoms. The van der Waals surface area contributed by atoms with Crippen molar-refractivity contribution in [1.82, 2.24) is 5.32 Å². The molecule has 0 aliphatic rings. The summed E-state index contributed by atoms with van der Waals surface area (Å²) < 4.78 is 0. The van der Waals surface area contributed by atoms with Crippen LogP contribution in [0, 0.1) is 5.92 Å². The lowest BCUT2D eigenvalue weighted by Crippen LogP contribution is -2.22. The molecule has 3 N–H and O–H groups in total. The van der Waals surface area contributed by atoms with Crippen molar-refractivity contribution in [3.8, 4) is 0 Å². The van der Waals surface area contributed by atoms with Crippen molar-refractivity contribution in [2.45, 2.75) is 39.7 Å². The highest BCUT2D eigenvalue weighted by Crippen LogP contribution is 2.11. The van der Waals surface area contributed by atoms with Gasteiger partial charge in [0.15, 0.2) is 0 Å². The molecule has 1 atom stereocenters. The lowest BCUT2D eigenvalue weighted by atomic mass is 10.0. The van der Waals surface area contributed by atoms with Gasteiger partial charge in [-0.3, -0.25) is 0 Å². The molecule has 0 fully saturated rings. The zero-order chi connectivity index (χ0) is 14.1. The van der Waals surface area contributed by atoms with Crippen LogP contribution < -0.4 is 11.1 Å². The van der Waals surface area contributed by atoms with Gasteiger partial charge in [0.2, 0.25) is 0 Å². The summed E-state index contributed by atoms with van der Waals surface area (Å²) in [6.45, 7) is 11.2. The van der Waals surface area contributed by atoms with Gasteiger partial charge in [0.05, 0.1) is 0 Å². The van der Waals surface area contributed by atoms with Gasteiger partial charge in [-0.25, -0.2) is 0 Å². The molecule has 0 radical (unpaired) electrons. The quantitative estimate of drug-likeness (QED) is 0.669. The molecule has 2 heteroatoms. The maximum Gasteiger partial charge on any atom is 0.0205 e. The third-order valence-electron chi connectivity index (χ3n) is 3.43. The molecule has 0 saturated heterocycles. The summed E-state index contributed by atoms with van der Waals surface area (Å²) in [4.78, 5) is 0. The Morgan fingerprint density at radius 1 is 1.37 bits per heavy atom. The lowest BCUT2D eigenvalue weighted by Gasteiger charge is -2.12. The van der Waals surface area contributed by atoms with E-state index in [2.05, 4.69) is 50.0 Å². The third-order valence-corrected chi connectivity index (χ3v) is 3.43. The molecular weight excluding hydrogens is 232 g/mol. The summed E-state index contributed by atoms with van der Waals surface area (Å²) in [5.41, 5.74) is 9.56. The van der Waals surface area contributed by atoms with Gasteiger partial charge in [0.25, 0.3) is 0 Å². The van der Waals surface area contributed by atoms with Gasteiger partial charge in [-0.15, -0.1) is 0 Å². The normalized spacial score (nSPS) is 12.4. The number of nitrogens with one attached hydrogen (secondary N) is 1. The van der Waals surface area contributed by atoms with Gasteiger partial charge < -0.3 is 11.1 Å². The average Bonchev–Trinajstić information content (AvgIpc) is 2.39. The van der Waals surface area contributed by atoms with Crippen molar-refractivity contribution in [3.05, 3.63) is 47.5 Å². The highest BCUT2D eigenvalue weighted by molar-refractivity contribution is 5.26. The fraction of sp³-hybridized carbons (Fsp3) is 0.529. The van der Waals surface area contributed by atoms with Crippen LogP contribution in [0.4, 0.5) is 0 Å². The molecular formula is C17H28N2. The number of hydrogen-bond acceptors (Lipinski definition) is 2. The lowest BCUT2D eigenvalue weighted by molar-refractivity contribution is 0.486. The Morgan fingerprint density at radius 2 is 2.11 bits per heavy atom. The molecule has 0 bridgehead atoms. The first-order chi connectivity index (χ1) is 9.15. The molecule has 1 aromatic rings. The molecule has 1 rings (SSSR count). The summed E-state index contributed by atoms with van der Waals surface area (Å²) in [5, 5.41) is 3.50. The second-order valence-corrected chi connectivity index (χ2v) is 5.41. The van der Waals surface area contributed by atoms with Crippen LogP contribution in [-0.4, -0.2) is 13.1 Å². The van der Waals surface area contributed by atoms with E-state index in [1.54, 1.807) is 0 Å².